The molecule has 4 nitrogen and oxygen atoms in total. The molecule has 4 heteroatoms. The average Bonchev–Trinajstić information content (AvgIpc) is 2.86. The van der Waals surface area contributed by atoms with E-state index in [1.807, 2.05) is 25.1 Å². The van der Waals surface area contributed by atoms with Crippen LogP contribution in [0.25, 0.3) is 11.0 Å². The van der Waals surface area contributed by atoms with Gasteiger partial charge in [-0.3, -0.25) is 4.79 Å². The van der Waals surface area contributed by atoms with Gasteiger partial charge in [-0.15, -0.1) is 0 Å². The number of furan rings is 1. The molecule has 1 N–H and O–H groups in total. The van der Waals surface area contributed by atoms with Crippen LogP contribution in [0.2, 0.25) is 0 Å². The van der Waals surface area contributed by atoms with Crippen LogP contribution >= 0.6 is 0 Å². The molecule has 0 bridgehead atoms. The van der Waals surface area contributed by atoms with Crippen molar-refractivity contribution in [2.75, 3.05) is 26.2 Å². The number of carbonyl (C=O) groups is 1. The van der Waals surface area contributed by atoms with Crippen molar-refractivity contribution < 1.29 is 9.21 Å². The lowest BCUT2D eigenvalue weighted by molar-refractivity contribution is 0.0923. The van der Waals surface area contributed by atoms with Crippen LogP contribution in [0.5, 0.6) is 0 Å². The number of carbonyl (C=O) groups excluding carboxylic acids is 1. The van der Waals surface area contributed by atoms with Gasteiger partial charge in [-0.2, -0.15) is 0 Å². The fourth-order valence-corrected chi connectivity index (χ4v) is 2.20. The van der Waals surface area contributed by atoms with Crippen LogP contribution in [0.1, 0.15) is 30.0 Å². The Balaban J connectivity index is 1.97. The van der Waals surface area contributed by atoms with Crippen LogP contribution in [-0.2, 0) is 0 Å². The number of nitrogens with zero attached hydrogens (tertiary/aromatic N) is 1. The van der Waals surface area contributed by atoms with Gasteiger partial charge in [0.1, 0.15) is 5.58 Å². The minimum atomic E-state index is -0.147. The number of nitrogens with one attached hydrogen (secondary N) is 1. The van der Waals surface area contributed by atoms with Crippen LogP contribution in [0.15, 0.2) is 28.7 Å². The van der Waals surface area contributed by atoms with Crippen molar-refractivity contribution in [3.05, 3.63) is 35.6 Å². The molecule has 1 heterocycles. The molecule has 2 aromatic rings. The third-order valence-corrected chi connectivity index (χ3v) is 3.51. The summed E-state index contributed by atoms with van der Waals surface area (Å²) in [6.07, 6.45) is 0. The Kier molecular flexibility index (Phi) is 4.79. The summed E-state index contributed by atoms with van der Waals surface area (Å²) in [6, 6.07) is 7.73. The van der Waals surface area contributed by atoms with E-state index in [9.17, 15) is 4.79 Å². The molecule has 1 aromatic heterocycles. The lowest BCUT2D eigenvalue weighted by Crippen LogP contribution is -2.34. The minimum absolute atomic E-state index is 0.147. The number of hydrogen-bond acceptors (Lipinski definition) is 3. The summed E-state index contributed by atoms with van der Waals surface area (Å²) in [5, 5.41) is 3.86. The van der Waals surface area contributed by atoms with E-state index < -0.39 is 0 Å². The number of benzene rings is 1. The highest BCUT2D eigenvalue weighted by molar-refractivity contribution is 5.96. The Morgan fingerprint density at radius 1 is 1.25 bits per heavy atom. The molecule has 1 aromatic carbocycles. The second-order valence-corrected chi connectivity index (χ2v) is 4.93. The maximum Gasteiger partial charge on any atom is 0.287 e. The van der Waals surface area contributed by atoms with E-state index in [-0.39, 0.29) is 5.91 Å². The Labute approximate surface area is 119 Å². The quantitative estimate of drug-likeness (QED) is 0.881. The van der Waals surface area contributed by atoms with Gasteiger partial charge in [-0.05, 0) is 37.7 Å². The summed E-state index contributed by atoms with van der Waals surface area (Å²) in [6.45, 7) is 9.73. The topological polar surface area (TPSA) is 45.5 Å². The molecule has 0 saturated carbocycles. The van der Waals surface area contributed by atoms with Crippen molar-refractivity contribution >= 4 is 16.9 Å². The molecule has 0 aliphatic carbocycles. The maximum atomic E-state index is 12.0. The zero-order valence-electron chi connectivity index (χ0n) is 12.4. The highest BCUT2D eigenvalue weighted by atomic mass is 16.3. The summed E-state index contributed by atoms with van der Waals surface area (Å²) in [4.78, 5) is 14.3. The van der Waals surface area contributed by atoms with E-state index in [1.165, 1.54) is 0 Å². The second-order valence-electron chi connectivity index (χ2n) is 4.93. The molecule has 2 rings (SSSR count). The zero-order chi connectivity index (χ0) is 14.5. The Morgan fingerprint density at radius 2 is 2.00 bits per heavy atom. The summed E-state index contributed by atoms with van der Waals surface area (Å²) < 4.78 is 5.60. The minimum Gasteiger partial charge on any atom is -0.451 e. The monoisotopic (exact) mass is 274 g/mol. The standard InChI is InChI=1S/C16H22N2O2/c1-4-18(5-2)9-8-17-16(19)15-11-13-7-6-12(3)10-14(13)20-15/h6-7,10-11H,4-5,8-9H2,1-3H3,(H,17,19). The van der Waals surface area contributed by atoms with E-state index in [0.29, 0.717) is 12.3 Å². The van der Waals surface area contributed by atoms with E-state index in [0.717, 1.165) is 36.2 Å². The molecule has 20 heavy (non-hydrogen) atoms. The van der Waals surface area contributed by atoms with Crippen molar-refractivity contribution in [2.45, 2.75) is 20.8 Å². The molecule has 0 atom stereocenters. The van der Waals surface area contributed by atoms with E-state index in [4.69, 9.17) is 4.42 Å². The van der Waals surface area contributed by atoms with Gasteiger partial charge >= 0.3 is 0 Å². The molecular weight excluding hydrogens is 252 g/mol. The second kappa shape index (κ2) is 6.57. The predicted octanol–water partition coefficient (Wildman–Crippen LogP) is 2.81. The molecular formula is C16H22N2O2. The van der Waals surface area contributed by atoms with Crippen molar-refractivity contribution in [3.63, 3.8) is 0 Å². The van der Waals surface area contributed by atoms with Gasteiger partial charge in [-0.1, -0.05) is 26.0 Å². The summed E-state index contributed by atoms with van der Waals surface area (Å²) in [7, 11) is 0. The lowest BCUT2D eigenvalue weighted by Gasteiger charge is -2.17. The van der Waals surface area contributed by atoms with Gasteiger partial charge in [0.05, 0.1) is 0 Å². The average molecular weight is 274 g/mol. The van der Waals surface area contributed by atoms with Gasteiger partial charge in [0, 0.05) is 18.5 Å². The molecule has 0 fully saturated rings. The van der Waals surface area contributed by atoms with Gasteiger partial charge in [0.15, 0.2) is 5.76 Å². The Bertz CT molecular complexity index is 585. The summed E-state index contributed by atoms with van der Waals surface area (Å²) in [5.41, 5.74) is 1.89. The van der Waals surface area contributed by atoms with Gasteiger partial charge in [-0.25, -0.2) is 0 Å². The highest BCUT2D eigenvalue weighted by Gasteiger charge is 2.12. The van der Waals surface area contributed by atoms with Crippen LogP contribution in [0.4, 0.5) is 0 Å². The zero-order valence-corrected chi connectivity index (χ0v) is 12.4. The van der Waals surface area contributed by atoms with Gasteiger partial charge in [0.2, 0.25) is 0 Å². The van der Waals surface area contributed by atoms with Gasteiger partial charge < -0.3 is 14.6 Å². The Hall–Kier alpha value is -1.81. The van der Waals surface area contributed by atoms with Gasteiger partial charge in [0.25, 0.3) is 5.91 Å². The molecule has 1 amide bonds. The van der Waals surface area contributed by atoms with Crippen molar-refractivity contribution in [2.24, 2.45) is 0 Å². The third-order valence-electron chi connectivity index (χ3n) is 3.51. The first-order valence-electron chi connectivity index (χ1n) is 7.14. The van der Waals surface area contributed by atoms with Crippen LogP contribution in [-0.4, -0.2) is 37.0 Å². The first kappa shape index (κ1) is 14.6. The molecule has 0 aliphatic heterocycles. The number of rotatable bonds is 6. The number of amides is 1. The molecule has 0 unspecified atom stereocenters. The fourth-order valence-electron chi connectivity index (χ4n) is 2.20. The number of aryl methyl sites for hydroxylation is 1. The van der Waals surface area contributed by atoms with Crippen molar-refractivity contribution in [1.29, 1.82) is 0 Å². The Morgan fingerprint density at radius 3 is 2.70 bits per heavy atom. The fraction of sp³-hybridized carbons (Fsp3) is 0.438. The molecule has 0 aliphatic rings. The number of likely N-dealkylation sites (N-methyl/N-ethyl adjacent to an activating group) is 1. The highest BCUT2D eigenvalue weighted by Crippen LogP contribution is 2.20. The van der Waals surface area contributed by atoms with Crippen LogP contribution in [0, 0.1) is 6.92 Å². The molecule has 0 saturated heterocycles. The lowest BCUT2D eigenvalue weighted by atomic mass is 10.2. The normalized spacial score (nSPS) is 11.2. The SMILES string of the molecule is CCN(CC)CCNC(=O)c1cc2ccc(C)cc2o1. The molecule has 0 spiro atoms. The van der Waals surface area contributed by atoms with Crippen molar-refractivity contribution in [1.82, 2.24) is 10.2 Å². The van der Waals surface area contributed by atoms with E-state index in [2.05, 4.69) is 24.1 Å². The van der Waals surface area contributed by atoms with Crippen LogP contribution < -0.4 is 5.32 Å². The van der Waals surface area contributed by atoms with E-state index >= 15 is 0 Å². The largest absolute Gasteiger partial charge is 0.451 e. The summed E-state index contributed by atoms with van der Waals surface area (Å²) >= 11 is 0. The smallest absolute Gasteiger partial charge is 0.287 e. The van der Waals surface area contributed by atoms with E-state index in [1.54, 1.807) is 6.07 Å². The molecule has 0 radical (unpaired) electrons. The third kappa shape index (κ3) is 3.39. The molecule has 108 valence electrons. The predicted molar refractivity (Wildman–Crippen MR) is 81.1 cm³/mol. The number of hydrogen-bond donors (Lipinski definition) is 1. The first-order valence-corrected chi connectivity index (χ1v) is 7.14. The number of fused-ring (bicyclic) bond motifs is 1. The van der Waals surface area contributed by atoms with Crippen LogP contribution in [0.3, 0.4) is 0 Å². The first-order chi connectivity index (χ1) is 9.63. The maximum absolute atomic E-state index is 12.0. The van der Waals surface area contributed by atoms with Crippen molar-refractivity contribution in [3.8, 4) is 0 Å². The summed E-state index contributed by atoms with van der Waals surface area (Å²) in [5.74, 6) is 0.233.